The van der Waals surface area contributed by atoms with Gasteiger partial charge in [0, 0.05) is 32.7 Å². The predicted octanol–water partition coefficient (Wildman–Crippen LogP) is 1.87. The van der Waals surface area contributed by atoms with Crippen molar-refractivity contribution in [2.45, 2.75) is 32.9 Å². The van der Waals surface area contributed by atoms with E-state index < -0.39 is 0 Å². The lowest BCUT2D eigenvalue weighted by Crippen LogP contribution is -2.41. The van der Waals surface area contributed by atoms with E-state index in [4.69, 9.17) is 4.74 Å². The zero-order valence-electron chi connectivity index (χ0n) is 15.4. The fraction of sp³-hybridized carbons (Fsp3) is 0.650. The summed E-state index contributed by atoms with van der Waals surface area (Å²) in [6, 6.07) is 8.59. The summed E-state index contributed by atoms with van der Waals surface area (Å²) in [5.74, 6) is 0.840. The molecule has 5 nitrogen and oxygen atoms in total. The average molecular weight is 345 g/mol. The Labute approximate surface area is 151 Å². The number of nitrogens with one attached hydrogen (secondary N) is 1. The number of nitrogens with zero attached hydrogens (tertiary/aromatic N) is 2. The number of hydrogen-bond acceptors (Lipinski definition) is 4. The summed E-state index contributed by atoms with van der Waals surface area (Å²) < 4.78 is 5.39. The van der Waals surface area contributed by atoms with E-state index in [9.17, 15) is 4.79 Å². The molecule has 0 saturated carbocycles. The van der Waals surface area contributed by atoms with E-state index in [1.165, 1.54) is 18.4 Å². The molecule has 1 aromatic carbocycles. The van der Waals surface area contributed by atoms with E-state index in [-0.39, 0.29) is 5.91 Å². The molecule has 25 heavy (non-hydrogen) atoms. The maximum Gasteiger partial charge on any atom is 0.234 e. The van der Waals surface area contributed by atoms with Crippen LogP contribution < -0.4 is 5.32 Å². The van der Waals surface area contributed by atoms with Gasteiger partial charge in [0.05, 0.1) is 19.8 Å². The molecule has 3 rings (SSSR count). The second-order valence-corrected chi connectivity index (χ2v) is 7.46. The van der Waals surface area contributed by atoms with Gasteiger partial charge in [-0.3, -0.25) is 14.6 Å². The number of amides is 1. The summed E-state index contributed by atoms with van der Waals surface area (Å²) in [6.45, 7) is 10.2. The summed E-state index contributed by atoms with van der Waals surface area (Å²) in [5, 5.41) is 3.05. The lowest BCUT2D eigenvalue weighted by Gasteiger charge is -2.30. The molecule has 0 spiro atoms. The number of hydrogen-bond donors (Lipinski definition) is 1. The van der Waals surface area contributed by atoms with Crippen LogP contribution in [-0.2, 0) is 22.6 Å². The molecule has 2 aliphatic heterocycles. The number of carbonyl (C=O) groups is 1. The summed E-state index contributed by atoms with van der Waals surface area (Å²) in [5.41, 5.74) is 2.48. The average Bonchev–Trinajstić information content (AvgIpc) is 2.62. The first-order valence-corrected chi connectivity index (χ1v) is 9.56. The zero-order valence-corrected chi connectivity index (χ0v) is 15.4. The maximum absolute atomic E-state index is 12.1. The highest BCUT2D eigenvalue weighted by Crippen LogP contribution is 2.14. The van der Waals surface area contributed by atoms with E-state index in [2.05, 4.69) is 46.3 Å². The van der Waals surface area contributed by atoms with Crippen molar-refractivity contribution in [1.29, 1.82) is 0 Å². The Bertz CT molecular complexity index is 540. The molecule has 0 aliphatic carbocycles. The molecule has 1 N–H and O–H groups in total. The van der Waals surface area contributed by atoms with Crippen molar-refractivity contribution in [1.82, 2.24) is 15.1 Å². The number of likely N-dealkylation sites (tertiary alicyclic amines) is 1. The van der Waals surface area contributed by atoms with Crippen LogP contribution in [0.4, 0.5) is 0 Å². The van der Waals surface area contributed by atoms with Crippen LogP contribution in [0.3, 0.4) is 0 Å². The van der Waals surface area contributed by atoms with Gasteiger partial charge in [-0.15, -0.1) is 0 Å². The summed E-state index contributed by atoms with van der Waals surface area (Å²) >= 11 is 0. The minimum Gasteiger partial charge on any atom is -0.379 e. The predicted molar refractivity (Wildman–Crippen MR) is 99.2 cm³/mol. The van der Waals surface area contributed by atoms with Crippen LogP contribution in [0.25, 0.3) is 0 Å². The van der Waals surface area contributed by atoms with Crippen molar-refractivity contribution in [2.75, 3.05) is 45.9 Å². The molecular formula is C20H31N3O2. The molecule has 0 unspecified atom stereocenters. The minimum atomic E-state index is 0.131. The van der Waals surface area contributed by atoms with E-state index in [1.54, 1.807) is 0 Å². The molecule has 2 fully saturated rings. The van der Waals surface area contributed by atoms with Crippen LogP contribution in [0.2, 0.25) is 0 Å². The van der Waals surface area contributed by atoms with Gasteiger partial charge in [-0.25, -0.2) is 0 Å². The molecular weight excluding hydrogens is 314 g/mol. The number of benzene rings is 1. The van der Waals surface area contributed by atoms with Crippen LogP contribution in [0.15, 0.2) is 24.3 Å². The molecule has 1 aromatic rings. The summed E-state index contributed by atoms with van der Waals surface area (Å²) in [4.78, 5) is 16.8. The highest BCUT2D eigenvalue weighted by atomic mass is 16.5. The first-order chi connectivity index (χ1) is 12.2. The van der Waals surface area contributed by atoms with Crippen molar-refractivity contribution in [3.8, 4) is 0 Å². The summed E-state index contributed by atoms with van der Waals surface area (Å²) in [6.07, 6.45) is 2.49. The van der Waals surface area contributed by atoms with Crippen LogP contribution in [0.1, 0.15) is 30.9 Å². The number of carbonyl (C=O) groups excluding carboxylic acids is 1. The van der Waals surface area contributed by atoms with Gasteiger partial charge in [-0.05, 0) is 36.4 Å². The molecule has 0 radical (unpaired) electrons. The standard InChI is InChI=1S/C20H31N3O2/c1-17-3-2-8-23(14-17)16-20(24)21-13-18-4-6-19(7-5-18)15-22-9-11-25-12-10-22/h4-7,17H,2-3,8-16H2,1H3,(H,21,24)/t17-/m0/s1. The zero-order chi connectivity index (χ0) is 17.5. The largest absolute Gasteiger partial charge is 0.379 e. The fourth-order valence-corrected chi connectivity index (χ4v) is 3.67. The Morgan fingerprint density at radius 3 is 2.56 bits per heavy atom. The van der Waals surface area contributed by atoms with E-state index >= 15 is 0 Å². The third-order valence-electron chi connectivity index (χ3n) is 5.13. The maximum atomic E-state index is 12.1. The van der Waals surface area contributed by atoms with Gasteiger partial charge >= 0.3 is 0 Å². The van der Waals surface area contributed by atoms with Crippen molar-refractivity contribution in [2.24, 2.45) is 5.92 Å². The van der Waals surface area contributed by atoms with Crippen molar-refractivity contribution in [3.63, 3.8) is 0 Å². The number of piperidine rings is 1. The molecule has 2 heterocycles. The van der Waals surface area contributed by atoms with Gasteiger partial charge in [0.2, 0.25) is 5.91 Å². The first-order valence-electron chi connectivity index (χ1n) is 9.56. The topological polar surface area (TPSA) is 44.8 Å². The second kappa shape index (κ2) is 9.32. The van der Waals surface area contributed by atoms with Crippen LogP contribution in [-0.4, -0.2) is 61.6 Å². The molecule has 2 saturated heterocycles. The van der Waals surface area contributed by atoms with Gasteiger partial charge < -0.3 is 10.1 Å². The monoisotopic (exact) mass is 345 g/mol. The van der Waals surface area contributed by atoms with Crippen molar-refractivity contribution < 1.29 is 9.53 Å². The van der Waals surface area contributed by atoms with E-state index in [1.807, 2.05) is 0 Å². The quantitative estimate of drug-likeness (QED) is 0.855. The smallest absolute Gasteiger partial charge is 0.234 e. The Kier molecular flexibility index (Phi) is 6.84. The normalized spacial score (nSPS) is 22.7. The molecule has 1 atom stereocenters. The lowest BCUT2D eigenvalue weighted by atomic mass is 10.0. The SMILES string of the molecule is C[C@H]1CCCN(CC(=O)NCc2ccc(CN3CCOCC3)cc2)C1. The third-order valence-corrected chi connectivity index (χ3v) is 5.13. The van der Waals surface area contributed by atoms with Gasteiger partial charge in [0.1, 0.15) is 0 Å². The number of ether oxygens (including phenoxy) is 1. The van der Waals surface area contributed by atoms with Gasteiger partial charge in [0.15, 0.2) is 0 Å². The minimum absolute atomic E-state index is 0.131. The summed E-state index contributed by atoms with van der Waals surface area (Å²) in [7, 11) is 0. The van der Waals surface area contributed by atoms with E-state index in [0.29, 0.717) is 19.0 Å². The molecule has 2 aliphatic rings. The Morgan fingerprint density at radius 1 is 1.12 bits per heavy atom. The van der Waals surface area contributed by atoms with Gasteiger partial charge in [-0.1, -0.05) is 31.2 Å². The van der Waals surface area contributed by atoms with Crippen LogP contribution >= 0.6 is 0 Å². The van der Waals surface area contributed by atoms with Gasteiger partial charge in [0.25, 0.3) is 0 Å². The fourth-order valence-electron chi connectivity index (χ4n) is 3.67. The Morgan fingerprint density at radius 2 is 1.84 bits per heavy atom. The van der Waals surface area contributed by atoms with Crippen LogP contribution in [0.5, 0.6) is 0 Å². The number of morpholine rings is 1. The molecule has 0 aromatic heterocycles. The van der Waals surface area contributed by atoms with Crippen molar-refractivity contribution in [3.05, 3.63) is 35.4 Å². The van der Waals surface area contributed by atoms with Crippen LogP contribution in [0, 0.1) is 5.92 Å². The second-order valence-electron chi connectivity index (χ2n) is 7.46. The highest BCUT2D eigenvalue weighted by Gasteiger charge is 2.18. The third kappa shape index (κ3) is 6.10. The molecule has 0 bridgehead atoms. The highest BCUT2D eigenvalue weighted by molar-refractivity contribution is 5.78. The molecule has 138 valence electrons. The lowest BCUT2D eigenvalue weighted by molar-refractivity contribution is -0.122. The van der Waals surface area contributed by atoms with Crippen molar-refractivity contribution >= 4 is 5.91 Å². The molecule has 1 amide bonds. The Hall–Kier alpha value is -1.43. The van der Waals surface area contributed by atoms with E-state index in [0.717, 1.165) is 51.5 Å². The Balaban J connectivity index is 1.39. The first kappa shape index (κ1) is 18.4. The van der Waals surface area contributed by atoms with Gasteiger partial charge in [-0.2, -0.15) is 0 Å². The molecule has 5 heteroatoms. The number of rotatable bonds is 6.